The van der Waals surface area contributed by atoms with E-state index in [9.17, 15) is 71.9 Å². The molecule has 0 aromatic carbocycles. The summed E-state index contributed by atoms with van der Waals surface area (Å²) < 4.78 is 170. The molecule has 1 fully saturated rings. The number of carbonyl (C=O) groups is 4. The Morgan fingerprint density at radius 1 is 0.514 bits per heavy atom. The van der Waals surface area contributed by atoms with Crippen LogP contribution in [-0.4, -0.2) is 79.3 Å². The monoisotopic (exact) mass is 548 g/mol. The van der Waals surface area contributed by atoms with E-state index in [1.807, 2.05) is 0 Å². The first-order valence-electron chi connectivity index (χ1n) is 8.23. The molecule has 0 spiro atoms. The summed E-state index contributed by atoms with van der Waals surface area (Å²) in [5.74, 6) is -13.3. The Balaban J connectivity index is 3.56. The third-order valence-electron chi connectivity index (χ3n) is 3.61. The SMILES string of the molecule is CC1OC(OC(=O)C(F)(F)F)C(OC(=O)C(F)(F)F)C(OC(=O)C(F)(F)F)C1OC(=O)C(F)(F)F. The Kier molecular flexibility index (Phi) is 8.52. The van der Waals surface area contributed by atoms with E-state index in [1.165, 1.54) is 0 Å². The lowest BCUT2D eigenvalue weighted by Crippen LogP contribution is -2.63. The van der Waals surface area contributed by atoms with Gasteiger partial charge in [-0.25, -0.2) is 19.2 Å². The van der Waals surface area contributed by atoms with E-state index in [2.05, 4.69) is 23.7 Å². The Morgan fingerprint density at radius 2 is 0.800 bits per heavy atom. The summed E-state index contributed by atoms with van der Waals surface area (Å²) in [6.45, 7) is 0.457. The van der Waals surface area contributed by atoms with Crippen LogP contribution in [0, 0.1) is 0 Å². The van der Waals surface area contributed by atoms with Gasteiger partial charge in [0.1, 0.15) is 0 Å². The van der Waals surface area contributed by atoms with Crippen molar-refractivity contribution in [1.82, 2.24) is 0 Å². The van der Waals surface area contributed by atoms with E-state index >= 15 is 0 Å². The summed E-state index contributed by atoms with van der Waals surface area (Å²) in [5.41, 5.74) is 0. The molecule has 5 unspecified atom stereocenters. The number of carbonyl (C=O) groups excluding carboxylic acids is 4. The van der Waals surface area contributed by atoms with Gasteiger partial charge in [-0.05, 0) is 6.92 Å². The molecule has 0 aromatic heterocycles. The number of ether oxygens (including phenoxy) is 5. The first kappa shape index (κ1) is 30.0. The zero-order valence-corrected chi connectivity index (χ0v) is 16.1. The zero-order chi connectivity index (χ0) is 27.7. The lowest BCUT2D eigenvalue weighted by molar-refractivity contribution is -0.314. The van der Waals surface area contributed by atoms with E-state index in [-0.39, 0.29) is 0 Å². The summed E-state index contributed by atoms with van der Waals surface area (Å²) in [5, 5.41) is 0. The van der Waals surface area contributed by atoms with Gasteiger partial charge in [0, 0.05) is 0 Å². The maximum Gasteiger partial charge on any atom is 0.491 e. The van der Waals surface area contributed by atoms with Gasteiger partial charge in [0.15, 0.2) is 12.2 Å². The van der Waals surface area contributed by atoms with Crippen LogP contribution in [0.1, 0.15) is 6.92 Å². The topological polar surface area (TPSA) is 114 Å². The van der Waals surface area contributed by atoms with E-state index in [4.69, 9.17) is 0 Å². The van der Waals surface area contributed by atoms with Gasteiger partial charge in [-0.15, -0.1) is 0 Å². The van der Waals surface area contributed by atoms with E-state index in [1.54, 1.807) is 0 Å². The third kappa shape index (κ3) is 8.02. The van der Waals surface area contributed by atoms with Gasteiger partial charge in [-0.1, -0.05) is 0 Å². The minimum absolute atomic E-state index is 0.457. The summed E-state index contributed by atoms with van der Waals surface area (Å²) in [4.78, 5) is 44.5. The van der Waals surface area contributed by atoms with E-state index < -0.39 is 79.3 Å². The predicted molar refractivity (Wildman–Crippen MR) is 74.3 cm³/mol. The molecule has 0 N–H and O–H groups in total. The molecule has 1 rings (SSSR count). The molecule has 202 valence electrons. The van der Waals surface area contributed by atoms with E-state index in [0.717, 1.165) is 0 Å². The molecular formula is C14H8F12O9. The van der Waals surface area contributed by atoms with Crippen molar-refractivity contribution in [2.24, 2.45) is 0 Å². The van der Waals surface area contributed by atoms with Crippen molar-refractivity contribution in [1.29, 1.82) is 0 Å². The standard InChI is InChI=1S/C14H8F12O9/c1-2-3(32-7(27)11(15,16)17)4(33-8(28)12(18,19)20)5(34-9(29)13(21,22)23)6(31-2)35-10(30)14(24,25)26/h2-6H,1H3. The van der Waals surface area contributed by atoms with Crippen LogP contribution in [0.4, 0.5) is 52.7 Å². The number of rotatable bonds is 4. The lowest BCUT2D eigenvalue weighted by Gasteiger charge is -2.43. The molecular weight excluding hydrogens is 540 g/mol. The fourth-order valence-electron chi connectivity index (χ4n) is 2.23. The van der Waals surface area contributed by atoms with Gasteiger partial charge in [0.25, 0.3) is 0 Å². The number of esters is 4. The highest BCUT2D eigenvalue weighted by molar-refractivity contribution is 5.78. The van der Waals surface area contributed by atoms with Crippen LogP contribution in [0.5, 0.6) is 0 Å². The van der Waals surface area contributed by atoms with Gasteiger partial charge in [-0.3, -0.25) is 0 Å². The molecule has 9 nitrogen and oxygen atoms in total. The maximum absolute atomic E-state index is 12.6. The van der Waals surface area contributed by atoms with Crippen molar-refractivity contribution in [3.63, 3.8) is 0 Å². The minimum atomic E-state index is -6.04. The van der Waals surface area contributed by atoms with Gasteiger partial charge < -0.3 is 23.7 Å². The van der Waals surface area contributed by atoms with Gasteiger partial charge in [-0.2, -0.15) is 52.7 Å². The Hall–Kier alpha value is -3.00. The number of alkyl halides is 12. The highest BCUT2D eigenvalue weighted by atomic mass is 19.4. The van der Waals surface area contributed by atoms with Gasteiger partial charge in [0.05, 0.1) is 6.10 Å². The minimum Gasteiger partial charge on any atom is -0.449 e. The fourth-order valence-corrected chi connectivity index (χ4v) is 2.23. The Morgan fingerprint density at radius 3 is 1.14 bits per heavy atom. The van der Waals surface area contributed by atoms with Crippen LogP contribution in [0.15, 0.2) is 0 Å². The second-order valence-electron chi connectivity index (χ2n) is 6.22. The van der Waals surface area contributed by atoms with Crippen molar-refractivity contribution in [2.45, 2.75) is 62.3 Å². The summed E-state index contributed by atoms with van der Waals surface area (Å²) in [6.07, 6.45) is -39.3. The quantitative estimate of drug-likeness (QED) is 0.297. The molecule has 1 saturated heterocycles. The Labute approximate surface area is 183 Å². The van der Waals surface area contributed by atoms with Crippen molar-refractivity contribution < 1.29 is 95.5 Å². The molecule has 0 saturated carbocycles. The first-order chi connectivity index (χ1) is 15.5. The first-order valence-corrected chi connectivity index (χ1v) is 8.23. The lowest BCUT2D eigenvalue weighted by atomic mass is 9.98. The summed E-state index contributed by atoms with van der Waals surface area (Å²) >= 11 is 0. The number of hydrogen-bond donors (Lipinski definition) is 0. The van der Waals surface area contributed by atoms with Crippen LogP contribution < -0.4 is 0 Å². The second-order valence-corrected chi connectivity index (χ2v) is 6.22. The molecule has 0 radical (unpaired) electrons. The molecule has 35 heavy (non-hydrogen) atoms. The highest BCUT2D eigenvalue weighted by Crippen LogP contribution is 2.34. The average Bonchev–Trinajstić information content (AvgIpc) is 2.63. The zero-order valence-electron chi connectivity index (χ0n) is 16.1. The van der Waals surface area contributed by atoms with Crippen molar-refractivity contribution in [3.05, 3.63) is 0 Å². The summed E-state index contributed by atoms with van der Waals surface area (Å²) in [6, 6.07) is 0. The maximum atomic E-state index is 12.6. The van der Waals surface area contributed by atoms with Crippen molar-refractivity contribution >= 4 is 23.9 Å². The van der Waals surface area contributed by atoms with Crippen LogP contribution >= 0.6 is 0 Å². The predicted octanol–water partition coefficient (Wildman–Crippen LogP) is 2.26. The molecule has 0 bridgehead atoms. The normalized spacial score (nSPS) is 25.9. The number of halogens is 12. The van der Waals surface area contributed by atoms with Crippen molar-refractivity contribution in [3.8, 4) is 0 Å². The number of hydrogen-bond acceptors (Lipinski definition) is 9. The molecule has 21 heteroatoms. The Bertz CT molecular complexity index is 829. The molecule has 5 atom stereocenters. The second kappa shape index (κ2) is 9.93. The molecule has 0 amide bonds. The smallest absolute Gasteiger partial charge is 0.449 e. The molecule has 1 heterocycles. The van der Waals surface area contributed by atoms with Gasteiger partial charge in [0.2, 0.25) is 12.4 Å². The van der Waals surface area contributed by atoms with Crippen LogP contribution in [0.25, 0.3) is 0 Å². The van der Waals surface area contributed by atoms with E-state index in [0.29, 0.717) is 6.92 Å². The van der Waals surface area contributed by atoms with Crippen LogP contribution in [0.2, 0.25) is 0 Å². The highest BCUT2D eigenvalue weighted by Gasteiger charge is 2.59. The average molecular weight is 548 g/mol. The van der Waals surface area contributed by atoms with Crippen molar-refractivity contribution in [2.75, 3.05) is 0 Å². The molecule has 0 aromatic rings. The molecule has 1 aliphatic rings. The molecule has 0 aliphatic carbocycles. The van der Waals surface area contributed by atoms with Crippen LogP contribution in [-0.2, 0) is 42.9 Å². The van der Waals surface area contributed by atoms with Crippen LogP contribution in [0.3, 0.4) is 0 Å². The third-order valence-corrected chi connectivity index (χ3v) is 3.61. The fraction of sp³-hybridized carbons (Fsp3) is 0.714. The van der Waals surface area contributed by atoms with Gasteiger partial charge >= 0.3 is 48.6 Å². The largest absolute Gasteiger partial charge is 0.491 e. The summed E-state index contributed by atoms with van der Waals surface area (Å²) in [7, 11) is 0. The molecule has 1 aliphatic heterocycles.